The minimum atomic E-state index is -0.0720. The van der Waals surface area contributed by atoms with Gasteiger partial charge in [0.15, 0.2) is 0 Å². The Morgan fingerprint density at radius 1 is 1.42 bits per heavy atom. The van der Waals surface area contributed by atoms with Gasteiger partial charge >= 0.3 is 0 Å². The zero-order valence-electron chi connectivity index (χ0n) is 11.3. The summed E-state index contributed by atoms with van der Waals surface area (Å²) in [6, 6.07) is 2.07. The Bertz CT molecular complexity index is 639. The van der Waals surface area contributed by atoms with Gasteiger partial charge in [-0.25, -0.2) is 4.98 Å². The highest BCUT2D eigenvalue weighted by Crippen LogP contribution is 2.31. The Morgan fingerprint density at radius 3 is 2.89 bits per heavy atom. The first kappa shape index (κ1) is 12.4. The Morgan fingerprint density at radius 2 is 2.21 bits per heavy atom. The summed E-state index contributed by atoms with van der Waals surface area (Å²) in [5.41, 5.74) is 2.74. The van der Waals surface area contributed by atoms with Crippen molar-refractivity contribution >= 4 is 17.2 Å². The van der Waals surface area contributed by atoms with Gasteiger partial charge in [0.2, 0.25) is 0 Å². The van der Waals surface area contributed by atoms with Gasteiger partial charge in [-0.2, -0.15) is 0 Å². The lowest BCUT2D eigenvalue weighted by Crippen LogP contribution is -2.32. The Labute approximate surface area is 116 Å². The second kappa shape index (κ2) is 4.20. The number of fused-ring (bicyclic) bond motifs is 1. The fourth-order valence-electron chi connectivity index (χ4n) is 2.39. The molecule has 5 heteroatoms. The maximum absolute atomic E-state index is 12.1. The van der Waals surface area contributed by atoms with Crippen molar-refractivity contribution in [2.75, 3.05) is 6.54 Å². The molecule has 100 valence electrons. The van der Waals surface area contributed by atoms with Crippen molar-refractivity contribution in [2.45, 2.75) is 27.2 Å². The van der Waals surface area contributed by atoms with E-state index in [-0.39, 0.29) is 11.3 Å². The normalized spacial score (nSPS) is 17.7. The Balaban J connectivity index is 2.08. The van der Waals surface area contributed by atoms with Crippen LogP contribution in [0.3, 0.4) is 0 Å². The molecule has 1 aliphatic rings. The van der Waals surface area contributed by atoms with Gasteiger partial charge in [0.25, 0.3) is 5.91 Å². The van der Waals surface area contributed by atoms with Gasteiger partial charge in [-0.15, -0.1) is 11.3 Å². The number of aromatic nitrogens is 2. The second-order valence-electron chi connectivity index (χ2n) is 5.87. The van der Waals surface area contributed by atoms with Gasteiger partial charge in [-0.1, -0.05) is 13.8 Å². The number of aromatic amines is 1. The number of hydrogen-bond acceptors (Lipinski definition) is 3. The predicted molar refractivity (Wildman–Crippen MR) is 76.5 cm³/mol. The lowest BCUT2D eigenvalue weighted by atomic mass is 9.88. The molecule has 0 saturated carbocycles. The lowest BCUT2D eigenvalue weighted by Gasteiger charge is -2.21. The highest BCUT2D eigenvalue weighted by molar-refractivity contribution is 7.13. The van der Waals surface area contributed by atoms with Gasteiger partial charge in [-0.05, 0) is 35.8 Å². The molecule has 1 aliphatic heterocycles. The third-order valence-electron chi connectivity index (χ3n) is 3.45. The summed E-state index contributed by atoms with van der Waals surface area (Å²) >= 11 is 1.65. The third-order valence-corrected chi connectivity index (χ3v) is 4.48. The summed E-state index contributed by atoms with van der Waals surface area (Å²) in [7, 11) is 0. The van der Waals surface area contributed by atoms with Crippen LogP contribution in [0.2, 0.25) is 0 Å². The van der Waals surface area contributed by atoms with Crippen LogP contribution in [0.5, 0.6) is 0 Å². The van der Waals surface area contributed by atoms with Crippen LogP contribution in [0.25, 0.3) is 10.7 Å². The average Bonchev–Trinajstić information content (AvgIpc) is 2.89. The van der Waals surface area contributed by atoms with Crippen LogP contribution in [0.15, 0.2) is 11.4 Å². The van der Waals surface area contributed by atoms with Crippen molar-refractivity contribution in [2.24, 2.45) is 5.41 Å². The molecule has 0 bridgehead atoms. The van der Waals surface area contributed by atoms with Crippen molar-refractivity contribution < 1.29 is 4.79 Å². The quantitative estimate of drug-likeness (QED) is 0.840. The third kappa shape index (κ3) is 2.18. The van der Waals surface area contributed by atoms with Crippen molar-refractivity contribution in [1.82, 2.24) is 15.3 Å². The van der Waals surface area contributed by atoms with E-state index in [1.165, 1.54) is 5.56 Å². The number of rotatable bonds is 1. The molecule has 0 unspecified atom stereocenters. The highest BCUT2D eigenvalue weighted by atomic mass is 32.1. The van der Waals surface area contributed by atoms with E-state index in [4.69, 9.17) is 0 Å². The van der Waals surface area contributed by atoms with E-state index in [0.29, 0.717) is 12.2 Å². The first-order valence-electron chi connectivity index (χ1n) is 6.38. The van der Waals surface area contributed by atoms with E-state index < -0.39 is 0 Å². The summed E-state index contributed by atoms with van der Waals surface area (Å²) < 4.78 is 0. The van der Waals surface area contributed by atoms with Crippen molar-refractivity contribution in [3.05, 3.63) is 28.4 Å². The predicted octanol–water partition coefficient (Wildman–Crippen LogP) is 2.76. The molecular formula is C14H17N3OS. The molecule has 2 aromatic rings. The molecule has 0 fully saturated rings. The zero-order chi connectivity index (χ0) is 13.6. The summed E-state index contributed by atoms with van der Waals surface area (Å²) in [6.07, 6.45) is 0.832. The molecule has 3 heterocycles. The summed E-state index contributed by atoms with van der Waals surface area (Å²) in [6.45, 7) is 7.05. The molecule has 2 N–H and O–H groups in total. The second-order valence-corrected chi connectivity index (χ2v) is 6.79. The van der Waals surface area contributed by atoms with Gasteiger partial charge in [0, 0.05) is 12.2 Å². The molecular weight excluding hydrogens is 258 g/mol. The van der Waals surface area contributed by atoms with Gasteiger partial charge < -0.3 is 10.3 Å². The van der Waals surface area contributed by atoms with Crippen LogP contribution in [-0.2, 0) is 6.42 Å². The zero-order valence-corrected chi connectivity index (χ0v) is 12.1. The number of H-pyrrole nitrogens is 1. The fraction of sp³-hybridized carbons (Fsp3) is 0.429. The topological polar surface area (TPSA) is 57.8 Å². The number of carbonyl (C=O) groups is 1. The number of amides is 1. The van der Waals surface area contributed by atoms with Crippen molar-refractivity contribution in [3.63, 3.8) is 0 Å². The minimum absolute atomic E-state index is 0.0508. The van der Waals surface area contributed by atoms with Crippen LogP contribution in [-0.4, -0.2) is 22.4 Å². The Kier molecular flexibility index (Phi) is 2.74. The minimum Gasteiger partial charge on any atom is -0.350 e. The summed E-state index contributed by atoms with van der Waals surface area (Å²) in [5, 5.41) is 4.99. The molecule has 4 nitrogen and oxygen atoms in total. The Hall–Kier alpha value is -1.62. The molecule has 0 aromatic carbocycles. The number of thiophene rings is 1. The van der Waals surface area contributed by atoms with E-state index in [1.807, 2.05) is 5.38 Å². The van der Waals surface area contributed by atoms with E-state index in [1.54, 1.807) is 11.3 Å². The van der Waals surface area contributed by atoms with Gasteiger partial charge in [0.1, 0.15) is 11.5 Å². The molecule has 0 radical (unpaired) electrons. The van der Waals surface area contributed by atoms with E-state index >= 15 is 0 Å². The number of imidazole rings is 1. The largest absolute Gasteiger partial charge is 0.350 e. The van der Waals surface area contributed by atoms with Crippen LogP contribution in [0.1, 0.15) is 35.6 Å². The number of carbonyl (C=O) groups excluding carboxylic acids is 1. The molecule has 0 spiro atoms. The first-order valence-corrected chi connectivity index (χ1v) is 7.26. The molecule has 1 amide bonds. The van der Waals surface area contributed by atoms with Gasteiger partial charge in [-0.3, -0.25) is 4.79 Å². The monoisotopic (exact) mass is 275 g/mol. The van der Waals surface area contributed by atoms with Crippen LogP contribution in [0.4, 0.5) is 0 Å². The number of hydrogen-bond donors (Lipinski definition) is 2. The molecule has 3 rings (SSSR count). The SMILES string of the molecule is Cc1ccsc1-c1nc2c([nH]1)CC(C)(C)CNC2=O. The number of nitrogens with one attached hydrogen (secondary N) is 2. The van der Waals surface area contributed by atoms with E-state index in [0.717, 1.165) is 22.8 Å². The first-order chi connectivity index (χ1) is 8.96. The van der Waals surface area contributed by atoms with Crippen LogP contribution in [0, 0.1) is 12.3 Å². The van der Waals surface area contributed by atoms with Crippen molar-refractivity contribution in [3.8, 4) is 10.7 Å². The average molecular weight is 275 g/mol. The van der Waals surface area contributed by atoms with Crippen LogP contribution < -0.4 is 5.32 Å². The molecule has 0 saturated heterocycles. The standard InChI is InChI=1S/C14H17N3OS/c1-8-4-5-19-11(8)12-16-9-6-14(2,3)7-15-13(18)10(9)17-12/h4-5H,6-7H2,1-3H3,(H,15,18)(H,16,17). The van der Waals surface area contributed by atoms with E-state index in [2.05, 4.69) is 42.1 Å². The number of nitrogens with zero attached hydrogens (tertiary/aromatic N) is 1. The highest BCUT2D eigenvalue weighted by Gasteiger charge is 2.30. The van der Waals surface area contributed by atoms with E-state index in [9.17, 15) is 4.79 Å². The smallest absolute Gasteiger partial charge is 0.271 e. The molecule has 2 aromatic heterocycles. The van der Waals surface area contributed by atoms with Gasteiger partial charge in [0.05, 0.1) is 4.88 Å². The van der Waals surface area contributed by atoms with Crippen LogP contribution >= 0.6 is 11.3 Å². The number of aryl methyl sites for hydroxylation is 1. The summed E-state index contributed by atoms with van der Waals surface area (Å²) in [4.78, 5) is 21.0. The van der Waals surface area contributed by atoms with Crippen molar-refractivity contribution in [1.29, 1.82) is 0 Å². The lowest BCUT2D eigenvalue weighted by molar-refractivity contribution is 0.0940. The molecule has 19 heavy (non-hydrogen) atoms. The fourth-order valence-corrected chi connectivity index (χ4v) is 3.26. The summed E-state index contributed by atoms with van der Waals surface area (Å²) in [5.74, 6) is 0.739. The maximum atomic E-state index is 12.1. The molecule has 0 atom stereocenters. The molecule has 0 aliphatic carbocycles. The maximum Gasteiger partial charge on any atom is 0.271 e.